The Morgan fingerprint density at radius 2 is 1.92 bits per heavy atom. The maximum Gasteiger partial charge on any atom is 0.253 e. The molecule has 132 valence electrons. The summed E-state index contributed by atoms with van der Waals surface area (Å²) >= 11 is 0. The predicted molar refractivity (Wildman–Crippen MR) is 92.7 cm³/mol. The second-order valence-corrected chi connectivity index (χ2v) is 5.92. The summed E-state index contributed by atoms with van der Waals surface area (Å²) in [5.41, 5.74) is 1.71. The second-order valence-electron chi connectivity index (χ2n) is 5.92. The maximum absolute atomic E-state index is 14.3. The van der Waals surface area contributed by atoms with E-state index in [4.69, 9.17) is 4.74 Å². The van der Waals surface area contributed by atoms with Crippen LogP contribution in [-0.2, 0) is 16.1 Å². The van der Waals surface area contributed by atoms with Crippen LogP contribution in [0, 0.1) is 5.82 Å². The zero-order valence-electron chi connectivity index (χ0n) is 13.8. The molecule has 25 heavy (non-hydrogen) atoms. The molecule has 5 nitrogen and oxygen atoms in total. The minimum Gasteiger partial charge on any atom is -0.378 e. The Morgan fingerprint density at radius 3 is 2.60 bits per heavy atom. The highest BCUT2D eigenvalue weighted by atomic mass is 19.1. The van der Waals surface area contributed by atoms with Crippen LogP contribution in [0.4, 0.5) is 10.1 Å². The van der Waals surface area contributed by atoms with E-state index < -0.39 is 12.0 Å². The van der Waals surface area contributed by atoms with Crippen molar-refractivity contribution in [3.8, 4) is 0 Å². The van der Waals surface area contributed by atoms with E-state index in [0.29, 0.717) is 43.1 Å². The van der Waals surface area contributed by atoms with Gasteiger partial charge in [-0.25, -0.2) is 4.39 Å². The Balaban J connectivity index is 1.59. The average molecular weight is 344 g/mol. The quantitative estimate of drug-likeness (QED) is 0.871. The minimum atomic E-state index is -1.24. The van der Waals surface area contributed by atoms with Crippen molar-refractivity contribution >= 4 is 11.6 Å². The van der Waals surface area contributed by atoms with Crippen molar-refractivity contribution in [2.75, 3.05) is 31.2 Å². The molecular weight excluding hydrogens is 323 g/mol. The molecule has 3 rings (SSSR count). The Bertz CT molecular complexity index is 718. The normalized spacial score (nSPS) is 15.7. The monoisotopic (exact) mass is 344 g/mol. The molecule has 1 atom stereocenters. The number of carbonyl (C=O) groups excluding carboxylic acids is 1. The molecule has 2 aromatic rings. The van der Waals surface area contributed by atoms with Crippen molar-refractivity contribution in [3.05, 3.63) is 65.5 Å². The highest BCUT2D eigenvalue weighted by Gasteiger charge is 2.18. The molecule has 2 aromatic carbocycles. The summed E-state index contributed by atoms with van der Waals surface area (Å²) < 4.78 is 19.6. The van der Waals surface area contributed by atoms with Gasteiger partial charge in [-0.15, -0.1) is 0 Å². The third-order valence-electron chi connectivity index (χ3n) is 4.19. The fourth-order valence-corrected chi connectivity index (χ4v) is 2.79. The molecule has 0 saturated carbocycles. The number of aliphatic hydroxyl groups excluding tert-OH is 1. The van der Waals surface area contributed by atoms with Crippen LogP contribution in [0.5, 0.6) is 0 Å². The van der Waals surface area contributed by atoms with Gasteiger partial charge in [0.1, 0.15) is 5.82 Å². The summed E-state index contributed by atoms with van der Waals surface area (Å²) in [6.45, 7) is 2.67. The number of benzene rings is 2. The summed E-state index contributed by atoms with van der Waals surface area (Å²) in [6, 6.07) is 13.6. The molecule has 1 aliphatic heterocycles. The third kappa shape index (κ3) is 4.35. The van der Waals surface area contributed by atoms with Gasteiger partial charge in [0.05, 0.1) is 18.9 Å². The van der Waals surface area contributed by atoms with Crippen LogP contribution in [0.2, 0.25) is 0 Å². The van der Waals surface area contributed by atoms with E-state index in [1.807, 2.05) is 11.0 Å². The van der Waals surface area contributed by atoms with Crippen LogP contribution in [0.3, 0.4) is 0 Å². The molecule has 0 spiro atoms. The Kier molecular flexibility index (Phi) is 5.63. The fraction of sp³-hybridized carbons (Fsp3) is 0.316. The van der Waals surface area contributed by atoms with Gasteiger partial charge >= 0.3 is 0 Å². The van der Waals surface area contributed by atoms with E-state index in [2.05, 4.69) is 5.32 Å². The van der Waals surface area contributed by atoms with Crippen LogP contribution in [0.15, 0.2) is 48.5 Å². The molecule has 0 aliphatic carbocycles. The number of ether oxygens (including phenoxy) is 1. The number of morpholine rings is 1. The SMILES string of the molecule is O=C(NCc1ccc(N2CCOCC2)c(F)c1)C(O)c1ccccc1. The molecule has 0 radical (unpaired) electrons. The third-order valence-corrected chi connectivity index (χ3v) is 4.19. The first kappa shape index (κ1) is 17.4. The van der Waals surface area contributed by atoms with Crippen LogP contribution in [0.1, 0.15) is 17.2 Å². The molecule has 0 aromatic heterocycles. The number of aliphatic hydroxyl groups is 1. The number of nitrogens with zero attached hydrogens (tertiary/aromatic N) is 1. The Labute approximate surface area is 146 Å². The van der Waals surface area contributed by atoms with Gasteiger partial charge in [-0.05, 0) is 23.3 Å². The Hall–Kier alpha value is -2.44. The number of amides is 1. The van der Waals surface area contributed by atoms with E-state index >= 15 is 0 Å². The van der Waals surface area contributed by atoms with Crippen LogP contribution in [0.25, 0.3) is 0 Å². The van der Waals surface area contributed by atoms with E-state index in [0.717, 1.165) is 0 Å². The molecule has 0 bridgehead atoms. The van der Waals surface area contributed by atoms with Gasteiger partial charge in [-0.3, -0.25) is 4.79 Å². The average Bonchev–Trinajstić information content (AvgIpc) is 2.67. The predicted octanol–water partition coefficient (Wildman–Crippen LogP) is 2.01. The number of halogens is 1. The van der Waals surface area contributed by atoms with Gasteiger partial charge in [0.15, 0.2) is 6.10 Å². The van der Waals surface area contributed by atoms with Crippen LogP contribution < -0.4 is 10.2 Å². The van der Waals surface area contributed by atoms with Crippen molar-refractivity contribution in [1.29, 1.82) is 0 Å². The lowest BCUT2D eigenvalue weighted by Gasteiger charge is -2.29. The zero-order valence-corrected chi connectivity index (χ0v) is 13.8. The van der Waals surface area contributed by atoms with Crippen molar-refractivity contribution in [2.24, 2.45) is 0 Å². The van der Waals surface area contributed by atoms with E-state index in [1.165, 1.54) is 6.07 Å². The van der Waals surface area contributed by atoms with Gasteiger partial charge in [0.25, 0.3) is 5.91 Å². The maximum atomic E-state index is 14.3. The molecular formula is C19H21FN2O3. The van der Waals surface area contributed by atoms with E-state index in [9.17, 15) is 14.3 Å². The molecule has 1 fully saturated rings. The zero-order chi connectivity index (χ0) is 17.6. The van der Waals surface area contributed by atoms with Crippen LogP contribution >= 0.6 is 0 Å². The number of hydrogen-bond donors (Lipinski definition) is 2. The smallest absolute Gasteiger partial charge is 0.253 e. The van der Waals surface area contributed by atoms with Crippen molar-refractivity contribution < 1.29 is 19.0 Å². The molecule has 1 saturated heterocycles. The van der Waals surface area contributed by atoms with Crippen molar-refractivity contribution in [2.45, 2.75) is 12.6 Å². The van der Waals surface area contributed by atoms with Gasteiger partial charge in [0.2, 0.25) is 0 Å². The first-order valence-corrected chi connectivity index (χ1v) is 8.27. The molecule has 2 N–H and O–H groups in total. The summed E-state index contributed by atoms with van der Waals surface area (Å²) in [6.07, 6.45) is -1.24. The molecule has 1 unspecified atom stereocenters. The van der Waals surface area contributed by atoms with Crippen molar-refractivity contribution in [1.82, 2.24) is 5.32 Å². The largest absolute Gasteiger partial charge is 0.378 e. The highest BCUT2D eigenvalue weighted by molar-refractivity contribution is 5.81. The second kappa shape index (κ2) is 8.09. The number of hydrogen-bond acceptors (Lipinski definition) is 4. The summed E-state index contributed by atoms with van der Waals surface area (Å²) in [5.74, 6) is -0.832. The van der Waals surface area contributed by atoms with E-state index in [-0.39, 0.29) is 12.4 Å². The molecule has 1 aliphatic rings. The number of anilines is 1. The number of carbonyl (C=O) groups is 1. The number of rotatable bonds is 5. The lowest BCUT2D eigenvalue weighted by atomic mass is 10.1. The molecule has 6 heteroatoms. The van der Waals surface area contributed by atoms with Gasteiger partial charge < -0.3 is 20.1 Å². The molecule has 1 heterocycles. The van der Waals surface area contributed by atoms with Gasteiger partial charge in [0, 0.05) is 19.6 Å². The summed E-state index contributed by atoms with van der Waals surface area (Å²) in [7, 11) is 0. The lowest BCUT2D eigenvalue weighted by molar-refractivity contribution is -0.129. The number of nitrogens with one attached hydrogen (secondary N) is 1. The first-order chi connectivity index (χ1) is 12.1. The van der Waals surface area contributed by atoms with Crippen LogP contribution in [-0.4, -0.2) is 37.3 Å². The summed E-state index contributed by atoms with van der Waals surface area (Å²) in [5, 5.41) is 12.7. The first-order valence-electron chi connectivity index (χ1n) is 8.27. The van der Waals surface area contributed by atoms with Gasteiger partial charge in [-0.2, -0.15) is 0 Å². The van der Waals surface area contributed by atoms with Crippen molar-refractivity contribution in [3.63, 3.8) is 0 Å². The van der Waals surface area contributed by atoms with Gasteiger partial charge in [-0.1, -0.05) is 36.4 Å². The minimum absolute atomic E-state index is 0.156. The lowest BCUT2D eigenvalue weighted by Crippen LogP contribution is -2.36. The Morgan fingerprint density at radius 1 is 1.20 bits per heavy atom. The topological polar surface area (TPSA) is 61.8 Å². The standard InChI is InChI=1S/C19H21FN2O3/c20-16-12-14(6-7-17(16)22-8-10-25-11-9-22)13-21-19(24)18(23)15-4-2-1-3-5-15/h1-7,12,18,23H,8-11,13H2,(H,21,24). The van der Waals surface area contributed by atoms with E-state index in [1.54, 1.807) is 36.4 Å². The fourth-order valence-electron chi connectivity index (χ4n) is 2.79. The molecule has 1 amide bonds. The summed E-state index contributed by atoms with van der Waals surface area (Å²) in [4.78, 5) is 14.0. The highest BCUT2D eigenvalue weighted by Crippen LogP contribution is 2.21.